The Balaban J connectivity index is 2.28. The highest BCUT2D eigenvalue weighted by Crippen LogP contribution is 2.11. The lowest BCUT2D eigenvalue weighted by molar-refractivity contribution is -0.700. The molecule has 0 amide bonds. The molecule has 0 aliphatic heterocycles. The van der Waals surface area contributed by atoms with Crippen molar-refractivity contribution in [3.05, 3.63) is 24.3 Å². The molecule has 2 nitrogen and oxygen atoms in total. The van der Waals surface area contributed by atoms with Crippen LogP contribution in [0.2, 0.25) is 0 Å². The minimum Gasteiger partial charge on any atom is -0.234 e. The first-order chi connectivity index (χ1) is 12.8. The van der Waals surface area contributed by atoms with Gasteiger partial charge in [0, 0.05) is 6.42 Å². The Morgan fingerprint density at radius 1 is 0.769 bits per heavy atom. The Hall–Kier alpha value is -1.05. The molecule has 1 aromatic heterocycles. The van der Waals surface area contributed by atoms with Gasteiger partial charge in [0.1, 0.15) is 12.4 Å². The minimum absolute atomic E-state index is 1.07. The van der Waals surface area contributed by atoms with Gasteiger partial charge in [-0.1, -0.05) is 84.5 Å². The van der Waals surface area contributed by atoms with Crippen molar-refractivity contribution in [2.75, 3.05) is 0 Å². The lowest BCUT2D eigenvalue weighted by atomic mass is 10.1. The standard InChI is InChI=1S/C24H45N2/c1-4-7-9-11-13-14-15-17-19-21-26-23-22-25(6-3)24(26)20-18-16-12-10-8-5-2/h19,21-23H,4-18,20H2,1-3H3/q+1. The summed E-state index contributed by atoms with van der Waals surface area (Å²) in [5.74, 6) is 1.47. The molecule has 0 atom stereocenters. The molecule has 0 spiro atoms. The molecule has 0 aliphatic carbocycles. The Morgan fingerprint density at radius 3 is 1.96 bits per heavy atom. The summed E-state index contributed by atoms with van der Waals surface area (Å²) in [6, 6.07) is 0. The van der Waals surface area contributed by atoms with Crippen LogP contribution in [0.3, 0.4) is 0 Å². The maximum Gasteiger partial charge on any atom is 0.261 e. The zero-order chi connectivity index (χ0) is 18.9. The third-order valence-corrected chi connectivity index (χ3v) is 5.37. The van der Waals surface area contributed by atoms with E-state index in [2.05, 4.69) is 54.6 Å². The highest BCUT2D eigenvalue weighted by molar-refractivity contribution is 5.22. The number of imidazole rings is 1. The number of hydrogen-bond donors (Lipinski definition) is 0. The Kier molecular flexibility index (Phi) is 14.3. The number of hydrogen-bond acceptors (Lipinski definition) is 0. The van der Waals surface area contributed by atoms with Gasteiger partial charge in [-0.2, -0.15) is 0 Å². The molecule has 0 aromatic carbocycles. The molecule has 0 N–H and O–H groups in total. The third-order valence-electron chi connectivity index (χ3n) is 5.37. The topological polar surface area (TPSA) is 8.81 Å². The Morgan fingerprint density at radius 2 is 1.35 bits per heavy atom. The summed E-state index contributed by atoms with van der Waals surface area (Å²) in [5.41, 5.74) is 0. The van der Waals surface area contributed by atoms with Crippen molar-refractivity contribution >= 4 is 6.20 Å². The minimum atomic E-state index is 1.07. The fourth-order valence-corrected chi connectivity index (χ4v) is 3.64. The first-order valence-electron chi connectivity index (χ1n) is 11.6. The maximum atomic E-state index is 2.41. The van der Waals surface area contributed by atoms with Crippen molar-refractivity contribution in [1.29, 1.82) is 0 Å². The van der Waals surface area contributed by atoms with Crippen molar-refractivity contribution in [2.24, 2.45) is 0 Å². The van der Waals surface area contributed by atoms with Crippen LogP contribution in [0.15, 0.2) is 18.5 Å². The van der Waals surface area contributed by atoms with Gasteiger partial charge in [-0.25, -0.2) is 9.13 Å². The monoisotopic (exact) mass is 361 g/mol. The molecule has 0 fully saturated rings. The van der Waals surface area contributed by atoms with Crippen LogP contribution in [0, 0.1) is 0 Å². The average Bonchev–Trinajstić information content (AvgIpc) is 3.05. The molecule has 0 saturated heterocycles. The molecule has 0 unspecified atom stereocenters. The normalized spacial score (nSPS) is 11.7. The van der Waals surface area contributed by atoms with Gasteiger partial charge in [0.25, 0.3) is 5.82 Å². The second kappa shape index (κ2) is 16.1. The van der Waals surface area contributed by atoms with Gasteiger partial charge in [0.2, 0.25) is 0 Å². The van der Waals surface area contributed by atoms with E-state index in [0.717, 1.165) is 6.54 Å². The number of aryl methyl sites for hydroxylation is 1. The van der Waals surface area contributed by atoms with E-state index in [1.54, 1.807) is 0 Å². The van der Waals surface area contributed by atoms with Crippen molar-refractivity contribution in [2.45, 2.75) is 124 Å². The van der Waals surface area contributed by atoms with E-state index < -0.39 is 0 Å². The molecule has 1 heterocycles. The lowest BCUT2D eigenvalue weighted by Crippen LogP contribution is -2.35. The molecule has 150 valence electrons. The van der Waals surface area contributed by atoms with Gasteiger partial charge in [0.05, 0.1) is 12.7 Å². The highest BCUT2D eigenvalue weighted by Gasteiger charge is 2.13. The second-order valence-corrected chi connectivity index (χ2v) is 7.72. The summed E-state index contributed by atoms with van der Waals surface area (Å²) < 4.78 is 4.76. The van der Waals surface area contributed by atoms with Crippen LogP contribution in [0.5, 0.6) is 0 Å². The highest BCUT2D eigenvalue weighted by atomic mass is 15.1. The third kappa shape index (κ3) is 10.2. The molecular weight excluding hydrogens is 316 g/mol. The molecule has 26 heavy (non-hydrogen) atoms. The van der Waals surface area contributed by atoms with Crippen LogP contribution < -0.4 is 4.57 Å². The first-order valence-corrected chi connectivity index (χ1v) is 11.6. The van der Waals surface area contributed by atoms with Crippen LogP contribution in [0.4, 0.5) is 0 Å². The summed E-state index contributed by atoms with van der Waals surface area (Å²) in [6.45, 7) is 7.89. The fourth-order valence-electron chi connectivity index (χ4n) is 3.64. The molecule has 0 radical (unpaired) electrons. The summed E-state index contributed by atoms with van der Waals surface area (Å²) >= 11 is 0. The predicted octanol–water partition coefficient (Wildman–Crippen LogP) is 7.31. The van der Waals surface area contributed by atoms with Crippen LogP contribution in [0.25, 0.3) is 6.20 Å². The molecular formula is C24H45N2+. The summed E-state index contributed by atoms with van der Waals surface area (Å²) in [5, 5.41) is 0. The number of allylic oxidation sites excluding steroid dienone is 1. The SMILES string of the molecule is CCCCCCCCCC=Cn1cc[n+](CC)c1CCCCCCCC. The van der Waals surface area contributed by atoms with Gasteiger partial charge >= 0.3 is 0 Å². The average molecular weight is 362 g/mol. The van der Waals surface area contributed by atoms with Crippen LogP contribution in [0.1, 0.15) is 116 Å². The fraction of sp³-hybridized carbons (Fsp3) is 0.792. The second-order valence-electron chi connectivity index (χ2n) is 7.72. The number of aromatic nitrogens is 2. The van der Waals surface area contributed by atoms with E-state index in [1.807, 2.05) is 0 Å². The lowest BCUT2D eigenvalue weighted by Gasteiger charge is -2.02. The van der Waals surface area contributed by atoms with E-state index in [0.29, 0.717) is 0 Å². The quantitative estimate of drug-likeness (QED) is 0.203. The van der Waals surface area contributed by atoms with Crippen LogP contribution >= 0.6 is 0 Å². The van der Waals surface area contributed by atoms with Crippen LogP contribution in [-0.2, 0) is 13.0 Å². The molecule has 0 aliphatic rings. The molecule has 1 aromatic rings. The van der Waals surface area contributed by atoms with Gasteiger partial charge in [-0.15, -0.1) is 0 Å². The molecule has 1 rings (SSSR count). The Bertz CT molecular complexity index is 459. The zero-order valence-corrected chi connectivity index (χ0v) is 18.0. The Labute approximate surface area is 163 Å². The van der Waals surface area contributed by atoms with Crippen molar-refractivity contribution in [3.63, 3.8) is 0 Å². The van der Waals surface area contributed by atoms with E-state index in [9.17, 15) is 0 Å². The summed E-state index contributed by atoms with van der Waals surface area (Å²) in [7, 11) is 0. The van der Waals surface area contributed by atoms with E-state index in [-0.39, 0.29) is 0 Å². The largest absolute Gasteiger partial charge is 0.261 e. The number of rotatable bonds is 17. The zero-order valence-electron chi connectivity index (χ0n) is 18.0. The smallest absolute Gasteiger partial charge is 0.234 e. The summed E-state index contributed by atoms with van der Waals surface area (Å²) in [4.78, 5) is 0. The van der Waals surface area contributed by atoms with E-state index in [1.165, 1.54) is 102 Å². The predicted molar refractivity (Wildman–Crippen MR) is 115 cm³/mol. The van der Waals surface area contributed by atoms with Crippen LogP contribution in [-0.4, -0.2) is 4.57 Å². The summed E-state index contributed by atoms with van der Waals surface area (Å²) in [6.07, 6.45) is 29.5. The molecule has 0 saturated carbocycles. The number of nitrogens with zero attached hydrogens (tertiary/aromatic N) is 2. The van der Waals surface area contributed by atoms with Crippen molar-refractivity contribution in [3.8, 4) is 0 Å². The van der Waals surface area contributed by atoms with Crippen molar-refractivity contribution in [1.82, 2.24) is 4.57 Å². The maximum absolute atomic E-state index is 2.41. The van der Waals surface area contributed by atoms with Crippen molar-refractivity contribution < 1.29 is 4.57 Å². The molecule has 2 heteroatoms. The van der Waals surface area contributed by atoms with E-state index >= 15 is 0 Å². The van der Waals surface area contributed by atoms with E-state index in [4.69, 9.17) is 0 Å². The van der Waals surface area contributed by atoms with Gasteiger partial charge in [0.15, 0.2) is 0 Å². The number of unbranched alkanes of at least 4 members (excludes halogenated alkanes) is 12. The first kappa shape index (κ1) is 23.0. The van der Waals surface area contributed by atoms with Gasteiger partial charge in [-0.3, -0.25) is 0 Å². The molecule has 0 bridgehead atoms. The van der Waals surface area contributed by atoms with Gasteiger partial charge < -0.3 is 0 Å². The van der Waals surface area contributed by atoms with Gasteiger partial charge in [-0.05, 0) is 32.3 Å².